The molecule has 12 heteroatoms. The van der Waals surface area contributed by atoms with Gasteiger partial charge in [0.1, 0.15) is 0 Å². The van der Waals surface area contributed by atoms with E-state index in [9.17, 15) is 34.4 Å². The molecule has 0 radical (unpaired) electrons. The predicted molar refractivity (Wildman–Crippen MR) is 178 cm³/mol. The summed E-state index contributed by atoms with van der Waals surface area (Å²) in [6.07, 6.45) is 6.01. The van der Waals surface area contributed by atoms with Gasteiger partial charge in [0.25, 0.3) is 5.69 Å². The number of rotatable bonds is 7. The van der Waals surface area contributed by atoms with Crippen molar-refractivity contribution in [1.29, 1.82) is 0 Å². The highest BCUT2D eigenvalue weighted by Gasteiger charge is 2.67. The van der Waals surface area contributed by atoms with Crippen LogP contribution in [0.2, 0.25) is 0 Å². The smallest absolute Gasteiger partial charge is 0.269 e. The average molecular weight is 664 g/mol. The number of amides is 4. The number of hydrogen-bond donors (Lipinski definition) is 1. The molecule has 250 valence electrons. The molecule has 3 aromatic carbocycles. The van der Waals surface area contributed by atoms with Crippen LogP contribution in [-0.4, -0.2) is 47.9 Å². The minimum absolute atomic E-state index is 0.162. The van der Waals surface area contributed by atoms with Gasteiger partial charge in [0.2, 0.25) is 29.4 Å². The maximum atomic E-state index is 14.5. The van der Waals surface area contributed by atoms with Crippen LogP contribution in [-0.2, 0) is 19.2 Å². The van der Waals surface area contributed by atoms with Gasteiger partial charge < -0.3 is 14.6 Å². The third-order valence-corrected chi connectivity index (χ3v) is 10.7. The van der Waals surface area contributed by atoms with Crippen molar-refractivity contribution in [2.75, 3.05) is 24.0 Å². The van der Waals surface area contributed by atoms with Crippen molar-refractivity contribution in [2.24, 2.45) is 35.0 Å². The maximum absolute atomic E-state index is 14.5. The highest BCUT2D eigenvalue weighted by molar-refractivity contribution is 6.25. The topological polar surface area (TPSA) is 157 Å². The molecule has 0 bridgehead atoms. The van der Waals surface area contributed by atoms with Crippen LogP contribution in [0.15, 0.2) is 84.5 Å². The average Bonchev–Trinajstić information content (AvgIpc) is 3.48. The number of imide groups is 2. The first-order valence-electron chi connectivity index (χ1n) is 15.9. The highest BCUT2D eigenvalue weighted by Crippen LogP contribution is 2.61. The number of aromatic hydroxyl groups is 1. The number of phenols is 1. The number of para-hydroxylation sites is 1. The molecule has 2 aliphatic heterocycles. The van der Waals surface area contributed by atoms with Crippen LogP contribution >= 0.6 is 0 Å². The van der Waals surface area contributed by atoms with Crippen LogP contribution in [0.1, 0.15) is 25.3 Å². The van der Waals surface area contributed by atoms with E-state index in [4.69, 9.17) is 9.47 Å². The Kier molecular flexibility index (Phi) is 7.61. The summed E-state index contributed by atoms with van der Waals surface area (Å²) in [4.78, 5) is 69.7. The number of nitro groups is 1. The second-order valence-electron chi connectivity index (χ2n) is 13.0. The van der Waals surface area contributed by atoms with Gasteiger partial charge in [-0.05, 0) is 67.6 Å². The second-order valence-corrected chi connectivity index (χ2v) is 13.0. The molecule has 2 heterocycles. The Labute approximate surface area is 281 Å². The fourth-order valence-electron chi connectivity index (χ4n) is 8.24. The Hall–Kier alpha value is -5.78. The van der Waals surface area contributed by atoms with E-state index >= 15 is 0 Å². The molecule has 6 atom stereocenters. The molecule has 4 aliphatic rings. The summed E-state index contributed by atoms with van der Waals surface area (Å²) in [7, 11) is 2.84. The molecular weight excluding hydrogens is 630 g/mol. The summed E-state index contributed by atoms with van der Waals surface area (Å²) in [6.45, 7) is 1.79. The Morgan fingerprint density at radius 1 is 0.878 bits per heavy atom. The number of hydrogen-bond acceptors (Lipinski definition) is 9. The zero-order chi connectivity index (χ0) is 34.8. The Morgan fingerprint density at radius 3 is 2.12 bits per heavy atom. The van der Waals surface area contributed by atoms with Crippen molar-refractivity contribution in [1.82, 2.24) is 0 Å². The molecule has 12 nitrogen and oxygen atoms in total. The van der Waals surface area contributed by atoms with Crippen molar-refractivity contribution < 1.29 is 38.7 Å². The Balaban J connectivity index is 1.32. The van der Waals surface area contributed by atoms with Gasteiger partial charge in [0.05, 0.1) is 53.7 Å². The van der Waals surface area contributed by atoms with Crippen molar-refractivity contribution in [3.63, 3.8) is 0 Å². The summed E-state index contributed by atoms with van der Waals surface area (Å²) in [5.74, 6) is -4.77. The fraction of sp³-hybridized carbons (Fsp3) is 0.297. The van der Waals surface area contributed by atoms with Crippen LogP contribution in [0, 0.1) is 45.1 Å². The van der Waals surface area contributed by atoms with Crippen molar-refractivity contribution >= 4 is 46.8 Å². The zero-order valence-electron chi connectivity index (χ0n) is 26.9. The molecule has 49 heavy (non-hydrogen) atoms. The van der Waals surface area contributed by atoms with Crippen LogP contribution in [0.25, 0.3) is 6.08 Å². The van der Waals surface area contributed by atoms with Crippen LogP contribution in [0.3, 0.4) is 0 Å². The molecule has 2 aliphatic carbocycles. The van der Waals surface area contributed by atoms with E-state index < -0.39 is 51.7 Å². The molecule has 1 saturated carbocycles. The van der Waals surface area contributed by atoms with Crippen LogP contribution in [0.4, 0.5) is 17.1 Å². The molecule has 1 N–H and O–H groups in total. The van der Waals surface area contributed by atoms with E-state index in [1.807, 2.05) is 12.2 Å². The predicted octanol–water partition coefficient (Wildman–Crippen LogP) is 5.30. The summed E-state index contributed by atoms with van der Waals surface area (Å²) in [6, 6.07) is 17.3. The van der Waals surface area contributed by atoms with Gasteiger partial charge in [0, 0.05) is 18.1 Å². The molecule has 0 unspecified atom stereocenters. The number of anilines is 2. The number of nitrogens with zero attached hydrogens (tertiary/aromatic N) is 3. The van der Waals surface area contributed by atoms with Crippen molar-refractivity contribution in [3.05, 3.63) is 100 Å². The summed E-state index contributed by atoms with van der Waals surface area (Å²) < 4.78 is 10.7. The number of nitro benzene ring substituents is 1. The van der Waals surface area contributed by atoms with E-state index in [-0.39, 0.29) is 53.3 Å². The number of carbonyl (C=O) groups is 4. The lowest BCUT2D eigenvalue weighted by Gasteiger charge is -2.47. The third kappa shape index (κ3) is 4.73. The SMILES string of the molecule is COc1cc(C=C[C@H]2C3=CC[C@@H]4C(=O)N(c5ccc([N+](=O)[O-])cc5)C(=O)[C@@H]4[C@@H]3C[C@H]3C(=O)N(c4ccccc4)C(=O)[C@@]23C)cc(OC)c1O. The standard InChI is InChI=1S/C37H33N3O9/c1-37-27(16-9-20-17-29(48-2)32(41)30(18-20)49-3)24-14-15-25-31(35(44)38(33(25)42)22-10-12-23(13-11-22)40(46)47)26(24)19-28(37)34(43)39(36(37)45)21-7-5-4-6-8-21/h4-14,16-18,25-28,31,41H,15,19H2,1-3H3/t25-,26+,27-,28-,31-,37-/m0/s1. The zero-order valence-corrected chi connectivity index (χ0v) is 26.9. The molecule has 0 aromatic heterocycles. The van der Waals surface area contributed by atoms with E-state index in [1.54, 1.807) is 55.5 Å². The lowest BCUT2D eigenvalue weighted by molar-refractivity contribution is -0.384. The minimum atomic E-state index is -1.21. The summed E-state index contributed by atoms with van der Waals surface area (Å²) >= 11 is 0. The number of methoxy groups -OCH3 is 2. The van der Waals surface area contributed by atoms with Crippen LogP contribution in [0.5, 0.6) is 17.2 Å². The van der Waals surface area contributed by atoms with Gasteiger partial charge in [0.15, 0.2) is 11.5 Å². The van der Waals surface area contributed by atoms with Gasteiger partial charge in [-0.15, -0.1) is 0 Å². The first-order chi connectivity index (χ1) is 23.5. The number of fused-ring (bicyclic) bond motifs is 4. The number of carbonyl (C=O) groups excluding carboxylic acids is 4. The van der Waals surface area contributed by atoms with Gasteiger partial charge in [-0.3, -0.25) is 34.2 Å². The van der Waals surface area contributed by atoms with Crippen LogP contribution < -0.4 is 19.3 Å². The third-order valence-electron chi connectivity index (χ3n) is 10.7. The maximum Gasteiger partial charge on any atom is 0.269 e. The van der Waals surface area contributed by atoms with Gasteiger partial charge in [-0.25, -0.2) is 4.90 Å². The molecule has 7 rings (SSSR count). The Morgan fingerprint density at radius 2 is 1.51 bits per heavy atom. The lowest BCUT2D eigenvalue weighted by atomic mass is 9.52. The lowest BCUT2D eigenvalue weighted by Crippen LogP contribution is -2.49. The molecule has 2 saturated heterocycles. The van der Waals surface area contributed by atoms with Gasteiger partial charge in [-0.1, -0.05) is 42.0 Å². The fourth-order valence-corrected chi connectivity index (χ4v) is 8.24. The number of phenolic OH excluding ortho intramolecular Hbond substituents is 1. The number of allylic oxidation sites excluding steroid dienone is 3. The minimum Gasteiger partial charge on any atom is -0.502 e. The first kappa shape index (κ1) is 31.8. The Bertz CT molecular complexity index is 1950. The molecule has 3 fully saturated rings. The van der Waals surface area contributed by atoms with E-state index in [2.05, 4.69) is 0 Å². The number of non-ortho nitro benzene ring substituents is 1. The second kappa shape index (κ2) is 11.7. The van der Waals surface area contributed by atoms with Crippen molar-refractivity contribution in [2.45, 2.75) is 19.8 Å². The first-order valence-corrected chi connectivity index (χ1v) is 15.9. The summed E-state index contributed by atoms with van der Waals surface area (Å²) in [5, 5.41) is 21.7. The monoisotopic (exact) mass is 663 g/mol. The van der Waals surface area contributed by atoms with E-state index in [0.717, 1.165) is 10.5 Å². The molecule has 4 amide bonds. The van der Waals surface area contributed by atoms with E-state index in [1.165, 1.54) is 43.4 Å². The number of benzene rings is 3. The van der Waals surface area contributed by atoms with E-state index in [0.29, 0.717) is 11.3 Å². The molecular formula is C37H33N3O9. The van der Waals surface area contributed by atoms with Gasteiger partial charge >= 0.3 is 0 Å². The number of ether oxygens (including phenoxy) is 2. The molecule has 3 aromatic rings. The highest BCUT2D eigenvalue weighted by atomic mass is 16.6. The normalized spacial score (nSPS) is 27.6. The molecule has 0 spiro atoms. The largest absolute Gasteiger partial charge is 0.502 e. The van der Waals surface area contributed by atoms with Gasteiger partial charge in [-0.2, -0.15) is 0 Å². The van der Waals surface area contributed by atoms with Crippen molar-refractivity contribution in [3.8, 4) is 17.2 Å². The summed E-state index contributed by atoms with van der Waals surface area (Å²) in [5.41, 5.74) is 0.726. The quantitative estimate of drug-likeness (QED) is 0.153.